The molecule has 0 saturated carbocycles. The molecule has 1 aliphatic carbocycles. The minimum Gasteiger partial charge on any atom is -0.486 e. The summed E-state index contributed by atoms with van der Waals surface area (Å²) in [7, 11) is 0. The summed E-state index contributed by atoms with van der Waals surface area (Å²) < 4.78 is 16.3. The summed E-state index contributed by atoms with van der Waals surface area (Å²) in [5, 5.41) is 2.83. The predicted octanol–water partition coefficient (Wildman–Crippen LogP) is 3.61. The van der Waals surface area contributed by atoms with Gasteiger partial charge in [-0.15, -0.1) is 11.8 Å². The number of hydrogen-bond donors (Lipinski definition) is 1. The van der Waals surface area contributed by atoms with Crippen LogP contribution in [0.25, 0.3) is 0 Å². The molecule has 1 atom stereocenters. The quantitative estimate of drug-likeness (QED) is 0.576. The van der Waals surface area contributed by atoms with Gasteiger partial charge in [-0.1, -0.05) is 6.07 Å². The van der Waals surface area contributed by atoms with Crippen LogP contribution in [0.2, 0.25) is 0 Å². The standard InChI is InChI=1S/C22H23NO5S/c1-14(22(25)23-17-6-5-15-3-2-4-16(15)11-17)28-21(24)13-29-18-7-8-19-20(12-18)27-10-9-26-19/h5-8,11-12,14H,2-4,9-10,13H2,1H3,(H,23,25)/t14-/m0/s1. The number of amides is 1. The number of hydrogen-bond acceptors (Lipinski definition) is 6. The molecule has 2 aromatic carbocycles. The highest BCUT2D eigenvalue weighted by Gasteiger charge is 2.20. The number of carbonyl (C=O) groups is 2. The molecule has 1 heterocycles. The van der Waals surface area contributed by atoms with E-state index < -0.39 is 12.1 Å². The minimum absolute atomic E-state index is 0.107. The molecule has 0 bridgehead atoms. The molecule has 1 aliphatic heterocycles. The van der Waals surface area contributed by atoms with Crippen molar-refractivity contribution >= 4 is 29.3 Å². The lowest BCUT2D eigenvalue weighted by atomic mass is 10.1. The Bertz CT molecular complexity index is 929. The summed E-state index contributed by atoms with van der Waals surface area (Å²) in [4.78, 5) is 25.4. The Morgan fingerprint density at radius 2 is 1.86 bits per heavy atom. The lowest BCUT2D eigenvalue weighted by Crippen LogP contribution is -2.30. The Balaban J connectivity index is 1.26. The van der Waals surface area contributed by atoms with E-state index in [4.69, 9.17) is 14.2 Å². The predicted molar refractivity (Wildman–Crippen MR) is 111 cm³/mol. The molecule has 1 amide bonds. The number of thioether (sulfide) groups is 1. The van der Waals surface area contributed by atoms with Crippen LogP contribution in [0.3, 0.4) is 0 Å². The van der Waals surface area contributed by atoms with Crippen LogP contribution in [0.1, 0.15) is 24.5 Å². The molecule has 6 nitrogen and oxygen atoms in total. The average Bonchev–Trinajstić information content (AvgIpc) is 3.20. The Morgan fingerprint density at radius 1 is 1.07 bits per heavy atom. The molecule has 0 radical (unpaired) electrons. The zero-order valence-electron chi connectivity index (χ0n) is 16.2. The van der Waals surface area contributed by atoms with Gasteiger partial charge in [0.25, 0.3) is 5.91 Å². The van der Waals surface area contributed by atoms with E-state index in [1.165, 1.54) is 22.9 Å². The molecule has 2 aliphatic rings. The molecule has 152 valence electrons. The highest BCUT2D eigenvalue weighted by Crippen LogP contribution is 2.34. The molecule has 1 N–H and O–H groups in total. The number of fused-ring (bicyclic) bond motifs is 2. The molecule has 0 saturated heterocycles. The fourth-order valence-electron chi connectivity index (χ4n) is 3.43. The lowest BCUT2D eigenvalue weighted by molar-refractivity contribution is -0.150. The van der Waals surface area contributed by atoms with Crippen molar-refractivity contribution in [2.75, 3.05) is 24.3 Å². The van der Waals surface area contributed by atoms with Crippen LogP contribution in [-0.4, -0.2) is 36.9 Å². The van der Waals surface area contributed by atoms with Crippen molar-refractivity contribution < 1.29 is 23.8 Å². The lowest BCUT2D eigenvalue weighted by Gasteiger charge is -2.18. The monoisotopic (exact) mass is 413 g/mol. The molecule has 0 aromatic heterocycles. The second-order valence-electron chi connectivity index (χ2n) is 7.05. The maximum absolute atomic E-state index is 12.4. The minimum atomic E-state index is -0.864. The fourth-order valence-corrected chi connectivity index (χ4v) is 4.14. The number of rotatable bonds is 6. The topological polar surface area (TPSA) is 73.9 Å². The van der Waals surface area contributed by atoms with Crippen LogP contribution in [-0.2, 0) is 27.2 Å². The van der Waals surface area contributed by atoms with Crippen molar-refractivity contribution in [1.82, 2.24) is 0 Å². The van der Waals surface area contributed by atoms with Crippen molar-refractivity contribution in [3.63, 3.8) is 0 Å². The van der Waals surface area contributed by atoms with Gasteiger partial charge in [-0.05, 0) is 67.6 Å². The normalized spacial score (nSPS) is 15.3. The molecule has 29 heavy (non-hydrogen) atoms. The fraction of sp³-hybridized carbons (Fsp3) is 0.364. The summed E-state index contributed by atoms with van der Waals surface area (Å²) in [5.41, 5.74) is 3.37. The first-order chi connectivity index (χ1) is 14.1. The molecule has 4 rings (SSSR count). The molecule has 0 fully saturated rings. The second kappa shape index (κ2) is 8.78. The molecule has 0 unspecified atom stereocenters. The third-order valence-corrected chi connectivity index (χ3v) is 5.88. The number of aryl methyl sites for hydroxylation is 2. The zero-order valence-corrected chi connectivity index (χ0v) is 17.1. The van der Waals surface area contributed by atoms with Crippen LogP contribution in [0.4, 0.5) is 5.69 Å². The van der Waals surface area contributed by atoms with E-state index in [0.29, 0.717) is 24.7 Å². The van der Waals surface area contributed by atoms with Gasteiger partial charge >= 0.3 is 5.97 Å². The Labute approximate surface area is 173 Å². The summed E-state index contributed by atoms with van der Waals surface area (Å²) in [5.74, 6) is 0.717. The Morgan fingerprint density at radius 3 is 2.72 bits per heavy atom. The van der Waals surface area contributed by atoms with Crippen LogP contribution < -0.4 is 14.8 Å². The van der Waals surface area contributed by atoms with Gasteiger partial charge in [0.05, 0.1) is 5.75 Å². The molecule has 7 heteroatoms. The van der Waals surface area contributed by atoms with Gasteiger partial charge in [0.2, 0.25) is 0 Å². The number of benzene rings is 2. The maximum atomic E-state index is 12.4. The highest BCUT2D eigenvalue weighted by molar-refractivity contribution is 8.00. The number of esters is 1. The van der Waals surface area contributed by atoms with Gasteiger partial charge in [0.15, 0.2) is 17.6 Å². The Hall–Kier alpha value is -2.67. The molecular formula is C22H23NO5S. The van der Waals surface area contributed by atoms with Crippen molar-refractivity contribution in [2.24, 2.45) is 0 Å². The van der Waals surface area contributed by atoms with Crippen molar-refractivity contribution in [3.8, 4) is 11.5 Å². The van der Waals surface area contributed by atoms with E-state index in [1.54, 1.807) is 6.92 Å². The maximum Gasteiger partial charge on any atom is 0.317 e. The molecule has 0 spiro atoms. The van der Waals surface area contributed by atoms with E-state index in [-0.39, 0.29) is 11.7 Å². The van der Waals surface area contributed by atoms with Crippen molar-refractivity contribution in [2.45, 2.75) is 37.2 Å². The van der Waals surface area contributed by atoms with Gasteiger partial charge in [0.1, 0.15) is 13.2 Å². The van der Waals surface area contributed by atoms with Gasteiger partial charge < -0.3 is 19.5 Å². The zero-order chi connectivity index (χ0) is 20.2. The number of carbonyl (C=O) groups excluding carboxylic acids is 2. The van der Waals surface area contributed by atoms with Crippen LogP contribution in [0.5, 0.6) is 11.5 Å². The van der Waals surface area contributed by atoms with Gasteiger partial charge in [0, 0.05) is 10.6 Å². The largest absolute Gasteiger partial charge is 0.486 e. The van der Waals surface area contributed by atoms with Gasteiger partial charge in [-0.3, -0.25) is 9.59 Å². The summed E-state index contributed by atoms with van der Waals surface area (Å²) >= 11 is 1.33. The van der Waals surface area contributed by atoms with Gasteiger partial charge in [-0.25, -0.2) is 0 Å². The number of ether oxygens (including phenoxy) is 3. The van der Waals surface area contributed by atoms with E-state index in [2.05, 4.69) is 11.4 Å². The molecule has 2 aromatic rings. The average molecular weight is 413 g/mol. The first kappa shape index (κ1) is 19.6. The SMILES string of the molecule is C[C@H](OC(=O)CSc1ccc2c(c1)OCCO2)C(=O)Nc1ccc2c(c1)CCC2. The first-order valence-electron chi connectivity index (χ1n) is 9.73. The van der Waals surface area contributed by atoms with E-state index >= 15 is 0 Å². The third kappa shape index (κ3) is 4.85. The van der Waals surface area contributed by atoms with E-state index in [1.807, 2.05) is 30.3 Å². The highest BCUT2D eigenvalue weighted by atomic mass is 32.2. The second-order valence-corrected chi connectivity index (χ2v) is 8.10. The number of anilines is 1. The van der Waals surface area contributed by atoms with Crippen LogP contribution in [0.15, 0.2) is 41.3 Å². The molecular weight excluding hydrogens is 390 g/mol. The summed E-state index contributed by atoms with van der Waals surface area (Å²) in [6.07, 6.45) is 2.43. The van der Waals surface area contributed by atoms with Gasteiger partial charge in [-0.2, -0.15) is 0 Å². The smallest absolute Gasteiger partial charge is 0.317 e. The third-order valence-electron chi connectivity index (χ3n) is 4.91. The van der Waals surface area contributed by atoms with E-state index in [0.717, 1.165) is 29.8 Å². The van der Waals surface area contributed by atoms with Crippen LogP contribution in [0, 0.1) is 0 Å². The van der Waals surface area contributed by atoms with Crippen molar-refractivity contribution in [3.05, 3.63) is 47.5 Å². The Kier molecular flexibility index (Phi) is 5.94. The van der Waals surface area contributed by atoms with Crippen molar-refractivity contribution in [1.29, 1.82) is 0 Å². The van der Waals surface area contributed by atoms with E-state index in [9.17, 15) is 9.59 Å². The summed E-state index contributed by atoms with van der Waals surface area (Å²) in [6, 6.07) is 11.5. The number of nitrogens with one attached hydrogen (secondary N) is 1. The van der Waals surface area contributed by atoms with Crippen LogP contribution >= 0.6 is 11.8 Å². The first-order valence-corrected chi connectivity index (χ1v) is 10.7. The summed E-state index contributed by atoms with van der Waals surface area (Å²) in [6.45, 7) is 2.63.